The molecule has 1 heterocycles. The van der Waals surface area contributed by atoms with E-state index in [1.54, 1.807) is 10.9 Å². The number of para-hydroxylation sites is 1. The molecule has 112 valence electrons. The second-order valence-electron chi connectivity index (χ2n) is 5.33. The molecule has 0 spiro atoms. The molecule has 1 aromatic heterocycles. The molecule has 0 radical (unpaired) electrons. The number of hydrogen-bond acceptors (Lipinski definition) is 3. The van der Waals surface area contributed by atoms with E-state index in [-0.39, 0.29) is 5.69 Å². The van der Waals surface area contributed by atoms with Crippen LogP contribution >= 0.6 is 0 Å². The predicted octanol–water partition coefficient (Wildman–Crippen LogP) is 2.73. The lowest BCUT2D eigenvalue weighted by molar-refractivity contribution is 0.445. The Morgan fingerprint density at radius 1 is 1.19 bits per heavy atom. The van der Waals surface area contributed by atoms with Crippen LogP contribution in [0.3, 0.4) is 0 Å². The summed E-state index contributed by atoms with van der Waals surface area (Å²) in [7, 11) is 2.03. The van der Waals surface area contributed by atoms with Crippen LogP contribution < -0.4 is 10.2 Å². The summed E-state index contributed by atoms with van der Waals surface area (Å²) in [4.78, 5) is 20.8. The Morgan fingerprint density at radius 3 is 2.48 bits per heavy atom. The van der Waals surface area contributed by atoms with Crippen LogP contribution in [0.15, 0.2) is 41.5 Å². The largest absolute Gasteiger partial charge is 0.355 e. The van der Waals surface area contributed by atoms with Gasteiger partial charge in [0.15, 0.2) is 0 Å². The Labute approximate surface area is 125 Å². The fourth-order valence-electron chi connectivity index (χ4n) is 2.27. The summed E-state index contributed by atoms with van der Waals surface area (Å²) in [5.41, 5.74) is 0.855. The van der Waals surface area contributed by atoms with Crippen molar-refractivity contribution in [3.05, 3.63) is 47.1 Å². The summed E-state index contributed by atoms with van der Waals surface area (Å²) in [5.74, 6) is 0.543. The zero-order chi connectivity index (χ0) is 15.3. The number of rotatable bonds is 6. The van der Waals surface area contributed by atoms with E-state index in [1.807, 2.05) is 37.4 Å². The first kappa shape index (κ1) is 15.4. The van der Waals surface area contributed by atoms with E-state index >= 15 is 0 Å². The third kappa shape index (κ3) is 3.19. The van der Waals surface area contributed by atoms with Crippen LogP contribution in [0.25, 0.3) is 0 Å². The molecule has 0 aliphatic rings. The molecule has 0 bridgehead atoms. The van der Waals surface area contributed by atoms with Crippen LogP contribution in [0.2, 0.25) is 0 Å². The topological polar surface area (TPSA) is 47.8 Å². The van der Waals surface area contributed by atoms with Gasteiger partial charge >= 0.3 is 11.6 Å². The van der Waals surface area contributed by atoms with Gasteiger partial charge < -0.3 is 0 Å². The average molecular weight is 287 g/mol. The van der Waals surface area contributed by atoms with Gasteiger partial charge in [-0.1, -0.05) is 31.5 Å². The minimum Gasteiger partial charge on any atom is -0.282 e. The number of benzene rings is 1. The second-order valence-corrected chi connectivity index (χ2v) is 5.33. The van der Waals surface area contributed by atoms with E-state index in [9.17, 15) is 4.79 Å². The fourth-order valence-corrected chi connectivity index (χ4v) is 2.27. The van der Waals surface area contributed by atoms with Crippen LogP contribution in [0, 0.1) is 0 Å². The number of aryl methyl sites for hydroxylation is 1. The second kappa shape index (κ2) is 6.63. The molecule has 0 fully saturated rings. The lowest BCUT2D eigenvalue weighted by Crippen LogP contribution is -2.43. The third-order valence-electron chi connectivity index (χ3n) is 3.91. The van der Waals surface area contributed by atoms with Crippen molar-refractivity contribution < 1.29 is 0 Å². The van der Waals surface area contributed by atoms with Crippen molar-refractivity contribution in [1.82, 2.24) is 19.0 Å². The molecule has 0 aliphatic heterocycles. The number of quaternary nitrogens is 1. The van der Waals surface area contributed by atoms with E-state index in [0.29, 0.717) is 17.0 Å². The van der Waals surface area contributed by atoms with Crippen LogP contribution in [-0.4, -0.2) is 28.1 Å². The zero-order valence-corrected chi connectivity index (χ0v) is 13.0. The fraction of sp³-hybridized carbons (Fsp3) is 0.438. The van der Waals surface area contributed by atoms with Crippen molar-refractivity contribution in [3.8, 4) is 0 Å². The highest BCUT2D eigenvalue weighted by molar-refractivity contribution is 5.50. The first-order valence-corrected chi connectivity index (χ1v) is 7.47. The van der Waals surface area contributed by atoms with Crippen molar-refractivity contribution in [2.45, 2.75) is 33.2 Å². The Balaban J connectivity index is 2.40. The molecular weight excluding hydrogens is 264 g/mol. The molecule has 2 aromatic rings. The van der Waals surface area contributed by atoms with Crippen LogP contribution in [0.4, 0.5) is 11.6 Å². The maximum absolute atomic E-state index is 12.1. The van der Waals surface area contributed by atoms with Crippen molar-refractivity contribution in [2.24, 2.45) is 0 Å². The third-order valence-corrected chi connectivity index (χ3v) is 3.91. The molecule has 0 amide bonds. The normalized spacial score (nSPS) is 13.9. The van der Waals surface area contributed by atoms with E-state index in [0.717, 1.165) is 25.1 Å². The lowest BCUT2D eigenvalue weighted by Gasteiger charge is -2.29. The zero-order valence-electron chi connectivity index (χ0n) is 13.0. The maximum atomic E-state index is 12.1. The van der Waals surface area contributed by atoms with Crippen molar-refractivity contribution in [1.29, 1.82) is 0 Å². The molecule has 5 nitrogen and oxygen atoms in total. The van der Waals surface area contributed by atoms with Gasteiger partial charge in [0, 0.05) is 6.54 Å². The molecule has 1 aromatic carbocycles. The molecule has 0 aliphatic carbocycles. The number of unbranched alkanes of at least 4 members (excludes halogenated alkanes) is 1. The van der Waals surface area contributed by atoms with Gasteiger partial charge in [0.25, 0.3) is 0 Å². The Morgan fingerprint density at radius 2 is 1.90 bits per heavy atom. The van der Waals surface area contributed by atoms with E-state index in [2.05, 4.69) is 23.8 Å². The van der Waals surface area contributed by atoms with Crippen LogP contribution in [0.1, 0.15) is 26.7 Å². The molecule has 0 N–H and O–H groups in total. The van der Waals surface area contributed by atoms with Gasteiger partial charge in [0.05, 0.1) is 13.6 Å². The first-order chi connectivity index (χ1) is 10.1. The van der Waals surface area contributed by atoms with Crippen molar-refractivity contribution in [3.63, 3.8) is 0 Å². The molecule has 0 saturated carbocycles. The summed E-state index contributed by atoms with van der Waals surface area (Å²) in [6.07, 6.45) is 3.62. The summed E-state index contributed by atoms with van der Waals surface area (Å²) < 4.78 is 2.00. The van der Waals surface area contributed by atoms with Gasteiger partial charge in [-0.15, -0.1) is 4.98 Å². The smallest absolute Gasteiger partial charge is 0.282 e. The highest BCUT2D eigenvalue weighted by Gasteiger charge is 2.30. The van der Waals surface area contributed by atoms with Gasteiger partial charge in [0.1, 0.15) is 12.0 Å². The van der Waals surface area contributed by atoms with E-state index in [4.69, 9.17) is 0 Å². The van der Waals surface area contributed by atoms with Crippen molar-refractivity contribution in [2.75, 3.05) is 13.6 Å². The van der Waals surface area contributed by atoms with Gasteiger partial charge in [-0.25, -0.2) is 9.28 Å². The minimum atomic E-state index is -0.220. The monoisotopic (exact) mass is 287 g/mol. The highest BCUT2D eigenvalue weighted by Crippen LogP contribution is 2.27. The quantitative estimate of drug-likeness (QED) is 0.768. The van der Waals surface area contributed by atoms with Crippen molar-refractivity contribution >= 4 is 11.6 Å². The molecule has 2 rings (SSSR count). The summed E-state index contributed by atoms with van der Waals surface area (Å²) >= 11 is 0. The van der Waals surface area contributed by atoms with E-state index in [1.165, 1.54) is 0 Å². The Hall–Kier alpha value is -2.01. The average Bonchev–Trinajstić information content (AvgIpc) is 2.53. The standard InChI is InChI=1S/C16H23N4O/c1-4-6-12-19-13-17-15(18-16(19)21)20(3,5-2)14-10-8-7-9-11-14/h7-11,13H,4-6,12H2,1-3H3/q+1. The number of aromatic nitrogens is 3. The number of nitrogens with zero attached hydrogens (tertiary/aromatic N) is 4. The minimum absolute atomic E-state index is 0.220. The van der Waals surface area contributed by atoms with Gasteiger partial charge in [0.2, 0.25) is 0 Å². The summed E-state index contributed by atoms with van der Waals surface area (Å²) in [5, 5.41) is 0. The van der Waals surface area contributed by atoms with Gasteiger partial charge in [-0.2, -0.15) is 4.98 Å². The van der Waals surface area contributed by atoms with E-state index < -0.39 is 0 Å². The summed E-state index contributed by atoms with van der Waals surface area (Å²) in [6, 6.07) is 10.0. The molecule has 5 heteroatoms. The Bertz CT molecular complexity index is 638. The predicted molar refractivity (Wildman–Crippen MR) is 85.6 cm³/mol. The molecule has 1 unspecified atom stereocenters. The molecule has 21 heavy (non-hydrogen) atoms. The molecule has 1 atom stereocenters. The Kier molecular flexibility index (Phi) is 4.85. The maximum Gasteiger partial charge on any atom is 0.355 e. The van der Waals surface area contributed by atoms with Crippen LogP contribution in [-0.2, 0) is 6.54 Å². The highest BCUT2D eigenvalue weighted by atomic mass is 16.1. The molecular formula is C16H23N4O+. The van der Waals surface area contributed by atoms with Gasteiger partial charge in [-0.3, -0.25) is 4.57 Å². The van der Waals surface area contributed by atoms with Gasteiger partial charge in [-0.05, 0) is 25.5 Å². The SMILES string of the molecule is CCCCn1cnc([N+](C)(CC)c2ccccc2)nc1=O. The van der Waals surface area contributed by atoms with Crippen LogP contribution in [0.5, 0.6) is 0 Å². The molecule has 0 saturated heterocycles. The lowest BCUT2D eigenvalue weighted by atomic mass is 10.2. The first-order valence-electron chi connectivity index (χ1n) is 7.47. The number of hydrogen-bond donors (Lipinski definition) is 0. The summed E-state index contributed by atoms with van der Waals surface area (Å²) in [6.45, 7) is 5.62.